The van der Waals surface area contributed by atoms with Crippen molar-refractivity contribution in [3.8, 4) is 0 Å². The Hall–Kier alpha value is -1.78. The molecule has 11 heavy (non-hydrogen) atoms. The van der Waals surface area contributed by atoms with Crippen LogP contribution in [0.3, 0.4) is 0 Å². The van der Waals surface area contributed by atoms with Crippen molar-refractivity contribution in [3.63, 3.8) is 0 Å². The second kappa shape index (κ2) is 2.45. The van der Waals surface area contributed by atoms with Gasteiger partial charge in [-0.05, 0) is 0 Å². The van der Waals surface area contributed by atoms with Crippen LogP contribution in [0.1, 0.15) is 20.9 Å². The number of nitrogens with two attached hydrogens (primary N) is 1. The van der Waals surface area contributed by atoms with E-state index >= 15 is 0 Å². The van der Waals surface area contributed by atoms with Gasteiger partial charge in [-0.15, -0.1) is 0 Å². The predicted molar refractivity (Wildman–Crippen MR) is 35.5 cm³/mol. The van der Waals surface area contributed by atoms with Crippen LogP contribution in [-0.4, -0.2) is 17.4 Å². The number of hydrogen-bond donors (Lipinski definition) is 2. The summed E-state index contributed by atoms with van der Waals surface area (Å²) in [5.74, 6) is -1.54. The first kappa shape index (κ1) is 7.33. The summed E-state index contributed by atoms with van der Waals surface area (Å²) in [6, 6.07) is 1.07. The van der Waals surface area contributed by atoms with Gasteiger partial charge in [-0.2, -0.15) is 0 Å². The van der Waals surface area contributed by atoms with Gasteiger partial charge >= 0.3 is 5.97 Å². The highest BCUT2D eigenvalue weighted by Crippen LogP contribution is 2.15. The molecule has 0 aromatic carbocycles. The van der Waals surface area contributed by atoms with Gasteiger partial charge in [0.25, 0.3) is 0 Å². The molecule has 0 radical (unpaired) electrons. The molecule has 1 rings (SSSR count). The van der Waals surface area contributed by atoms with Crippen molar-refractivity contribution in [1.82, 2.24) is 0 Å². The number of hydrogen-bond acceptors (Lipinski definition) is 4. The number of carbonyl (C=O) groups is 2. The smallest absolute Gasteiger partial charge is 0.341 e. The summed E-state index contributed by atoms with van der Waals surface area (Å²) in [6.07, 6.45) is 0.392. The Kier molecular flexibility index (Phi) is 1.63. The number of carboxylic acids is 1. The molecule has 0 aliphatic rings. The first-order valence-electron chi connectivity index (χ1n) is 2.73. The lowest BCUT2D eigenvalue weighted by molar-refractivity contribution is 0.0697. The normalized spacial score (nSPS) is 9.45. The monoisotopic (exact) mass is 155 g/mol. The van der Waals surface area contributed by atoms with Gasteiger partial charge < -0.3 is 15.3 Å². The van der Waals surface area contributed by atoms with E-state index in [1.807, 2.05) is 0 Å². The lowest BCUT2D eigenvalue weighted by atomic mass is 10.3. The van der Waals surface area contributed by atoms with Crippen molar-refractivity contribution >= 4 is 18.1 Å². The molecule has 0 atom stereocenters. The van der Waals surface area contributed by atoms with Gasteiger partial charge in [0.05, 0.1) is 0 Å². The van der Waals surface area contributed by atoms with E-state index in [0.29, 0.717) is 6.29 Å². The zero-order chi connectivity index (χ0) is 8.43. The van der Waals surface area contributed by atoms with Gasteiger partial charge in [-0.3, -0.25) is 4.79 Å². The number of carbonyl (C=O) groups excluding carboxylic acids is 1. The predicted octanol–water partition coefficient (Wildman–Crippen LogP) is 0.373. The molecule has 5 nitrogen and oxygen atoms in total. The fourth-order valence-corrected chi connectivity index (χ4v) is 0.650. The van der Waals surface area contributed by atoms with Crippen LogP contribution < -0.4 is 5.73 Å². The summed E-state index contributed by atoms with van der Waals surface area (Å²) in [5, 5.41) is 8.42. The molecular formula is C6H5NO4. The molecule has 0 fully saturated rings. The largest absolute Gasteiger partial charge is 0.477 e. The van der Waals surface area contributed by atoms with E-state index in [2.05, 4.69) is 4.42 Å². The molecule has 0 amide bonds. The Labute approximate surface area is 61.4 Å². The highest BCUT2D eigenvalue weighted by molar-refractivity contribution is 5.94. The topological polar surface area (TPSA) is 93.5 Å². The number of aldehydes is 1. The summed E-state index contributed by atoms with van der Waals surface area (Å²) in [4.78, 5) is 20.3. The Morgan fingerprint density at radius 3 is 2.64 bits per heavy atom. The molecule has 0 aliphatic carbocycles. The highest BCUT2D eigenvalue weighted by atomic mass is 16.4. The maximum Gasteiger partial charge on any atom is 0.341 e. The Morgan fingerprint density at radius 2 is 2.36 bits per heavy atom. The molecule has 1 aromatic rings. The zero-order valence-corrected chi connectivity index (χ0v) is 5.40. The molecule has 0 spiro atoms. The zero-order valence-electron chi connectivity index (χ0n) is 5.40. The molecule has 0 bridgehead atoms. The van der Waals surface area contributed by atoms with E-state index in [4.69, 9.17) is 10.8 Å². The first-order chi connectivity index (χ1) is 5.15. The molecule has 58 valence electrons. The van der Waals surface area contributed by atoms with Crippen LogP contribution >= 0.6 is 0 Å². The fraction of sp³-hybridized carbons (Fsp3) is 0. The summed E-state index contributed by atoms with van der Waals surface area (Å²) in [7, 11) is 0. The summed E-state index contributed by atoms with van der Waals surface area (Å²) >= 11 is 0. The summed E-state index contributed by atoms with van der Waals surface area (Å²) in [6.45, 7) is 0. The van der Waals surface area contributed by atoms with E-state index in [-0.39, 0.29) is 17.2 Å². The Morgan fingerprint density at radius 1 is 1.73 bits per heavy atom. The number of rotatable bonds is 2. The third-order valence-corrected chi connectivity index (χ3v) is 1.13. The Balaban J connectivity index is 3.16. The molecule has 0 saturated heterocycles. The fourth-order valence-electron chi connectivity index (χ4n) is 0.650. The van der Waals surface area contributed by atoms with E-state index < -0.39 is 5.97 Å². The van der Waals surface area contributed by atoms with Crippen molar-refractivity contribution < 1.29 is 19.1 Å². The number of nitrogen functional groups attached to an aromatic ring is 1. The summed E-state index contributed by atoms with van der Waals surface area (Å²) < 4.78 is 4.55. The van der Waals surface area contributed by atoms with Crippen molar-refractivity contribution in [2.45, 2.75) is 0 Å². The maximum atomic E-state index is 10.3. The van der Waals surface area contributed by atoms with Gasteiger partial charge in [-0.1, -0.05) is 0 Å². The van der Waals surface area contributed by atoms with E-state index in [1.54, 1.807) is 0 Å². The van der Waals surface area contributed by atoms with Gasteiger partial charge in [0.2, 0.25) is 5.88 Å². The van der Waals surface area contributed by atoms with Gasteiger partial charge in [0.1, 0.15) is 5.56 Å². The number of anilines is 1. The minimum absolute atomic E-state index is 0.0834. The second-order valence-corrected chi connectivity index (χ2v) is 1.85. The SMILES string of the molecule is Nc1oc(C=O)cc1C(=O)O. The molecule has 1 heterocycles. The number of carboxylic acid groups (broad SMARTS) is 1. The molecule has 5 heteroatoms. The maximum absolute atomic E-state index is 10.3. The molecule has 3 N–H and O–H groups in total. The first-order valence-corrected chi connectivity index (χ1v) is 2.73. The molecule has 0 aliphatic heterocycles. The molecule has 0 saturated carbocycles. The van der Waals surface area contributed by atoms with E-state index in [1.165, 1.54) is 0 Å². The van der Waals surface area contributed by atoms with Crippen molar-refractivity contribution in [2.75, 3.05) is 5.73 Å². The van der Waals surface area contributed by atoms with Crippen molar-refractivity contribution in [1.29, 1.82) is 0 Å². The standard InChI is InChI=1S/C6H5NO4/c7-5-4(6(9)10)1-3(2-8)11-5/h1-2H,7H2,(H,9,10). The minimum atomic E-state index is -1.21. The quantitative estimate of drug-likeness (QED) is 0.602. The van der Waals surface area contributed by atoms with E-state index in [9.17, 15) is 9.59 Å². The van der Waals surface area contributed by atoms with E-state index in [0.717, 1.165) is 6.07 Å². The van der Waals surface area contributed by atoms with Crippen LogP contribution in [0.5, 0.6) is 0 Å². The van der Waals surface area contributed by atoms with Crippen LogP contribution in [0, 0.1) is 0 Å². The third kappa shape index (κ3) is 1.21. The van der Waals surface area contributed by atoms with Crippen LogP contribution in [0.15, 0.2) is 10.5 Å². The average Bonchev–Trinajstić information content (AvgIpc) is 2.30. The second-order valence-electron chi connectivity index (χ2n) is 1.85. The third-order valence-electron chi connectivity index (χ3n) is 1.13. The van der Waals surface area contributed by atoms with Crippen LogP contribution in [0.4, 0.5) is 5.88 Å². The van der Waals surface area contributed by atoms with Crippen molar-refractivity contribution in [2.24, 2.45) is 0 Å². The van der Waals surface area contributed by atoms with Crippen LogP contribution in [0.25, 0.3) is 0 Å². The number of aromatic carboxylic acids is 1. The summed E-state index contributed by atoms with van der Waals surface area (Å²) in [5.41, 5.74) is 4.92. The van der Waals surface area contributed by atoms with Gasteiger partial charge in [0.15, 0.2) is 12.0 Å². The lowest BCUT2D eigenvalue weighted by Gasteiger charge is -1.85. The molecular weight excluding hydrogens is 150 g/mol. The molecule has 0 unspecified atom stereocenters. The van der Waals surface area contributed by atoms with Crippen LogP contribution in [0.2, 0.25) is 0 Å². The lowest BCUT2D eigenvalue weighted by Crippen LogP contribution is -1.97. The van der Waals surface area contributed by atoms with Crippen molar-refractivity contribution in [3.05, 3.63) is 17.4 Å². The number of furan rings is 1. The highest BCUT2D eigenvalue weighted by Gasteiger charge is 2.13. The van der Waals surface area contributed by atoms with Crippen LogP contribution in [-0.2, 0) is 0 Å². The minimum Gasteiger partial charge on any atom is -0.477 e. The van der Waals surface area contributed by atoms with Gasteiger partial charge in [-0.25, -0.2) is 4.79 Å². The van der Waals surface area contributed by atoms with Gasteiger partial charge in [0, 0.05) is 6.07 Å². The molecule has 1 aromatic heterocycles. The Bertz CT molecular complexity index is 302. The average molecular weight is 155 g/mol.